The third kappa shape index (κ3) is 5.34. The predicted octanol–water partition coefficient (Wildman–Crippen LogP) is 3.21. The van der Waals surface area contributed by atoms with Crippen LogP contribution in [-0.2, 0) is 16.6 Å². The zero-order valence-electron chi connectivity index (χ0n) is 17.9. The van der Waals surface area contributed by atoms with Gasteiger partial charge in [-0.1, -0.05) is 43.2 Å². The topological polar surface area (TPSA) is 60.9 Å². The summed E-state index contributed by atoms with van der Waals surface area (Å²) in [5.74, 6) is -0.0296. The van der Waals surface area contributed by atoms with Gasteiger partial charge in [0, 0.05) is 38.3 Å². The third-order valence-electron chi connectivity index (χ3n) is 6.21. The molecular weight excluding hydrogens is 410 g/mol. The molecule has 2 aliphatic rings. The van der Waals surface area contributed by atoms with Crippen LogP contribution in [0.2, 0.25) is 0 Å². The first-order chi connectivity index (χ1) is 15.0. The minimum atomic E-state index is -3.51. The molecule has 0 aromatic heterocycles. The number of amides is 1. The highest BCUT2D eigenvalue weighted by atomic mass is 32.2. The van der Waals surface area contributed by atoms with Gasteiger partial charge in [0.1, 0.15) is 0 Å². The fraction of sp³-hybridized carbons (Fsp3) is 0.458. The van der Waals surface area contributed by atoms with Crippen LogP contribution in [0.4, 0.5) is 0 Å². The van der Waals surface area contributed by atoms with Crippen molar-refractivity contribution in [1.29, 1.82) is 0 Å². The fourth-order valence-electron chi connectivity index (χ4n) is 4.36. The number of rotatable bonds is 5. The highest BCUT2D eigenvalue weighted by Gasteiger charge is 2.30. The molecule has 2 heterocycles. The highest BCUT2D eigenvalue weighted by molar-refractivity contribution is 7.89. The first kappa shape index (κ1) is 22.0. The average Bonchev–Trinajstić information content (AvgIpc) is 3.08. The lowest BCUT2D eigenvalue weighted by molar-refractivity contribution is 0.0698. The average molecular weight is 442 g/mol. The van der Waals surface area contributed by atoms with E-state index in [0.29, 0.717) is 36.6 Å². The van der Waals surface area contributed by atoms with E-state index >= 15 is 0 Å². The predicted molar refractivity (Wildman–Crippen MR) is 121 cm³/mol. The van der Waals surface area contributed by atoms with Gasteiger partial charge in [0.2, 0.25) is 10.0 Å². The second-order valence-corrected chi connectivity index (χ2v) is 10.3. The maximum atomic E-state index is 12.9. The minimum absolute atomic E-state index is 0.0296. The number of likely N-dealkylation sites (tertiary alicyclic amines) is 1. The molecule has 0 spiro atoms. The quantitative estimate of drug-likeness (QED) is 0.715. The van der Waals surface area contributed by atoms with Crippen LogP contribution in [0.3, 0.4) is 0 Å². The molecule has 7 heteroatoms. The lowest BCUT2D eigenvalue weighted by atomic mass is 10.1. The Bertz CT molecular complexity index is 961. The molecule has 4 rings (SSSR count). The van der Waals surface area contributed by atoms with Gasteiger partial charge >= 0.3 is 0 Å². The third-order valence-corrected chi connectivity index (χ3v) is 8.13. The Balaban J connectivity index is 1.33. The second-order valence-electron chi connectivity index (χ2n) is 8.40. The second kappa shape index (κ2) is 9.94. The van der Waals surface area contributed by atoms with Gasteiger partial charge in [-0.05, 0) is 55.8 Å². The number of nitrogens with zero attached hydrogens (tertiary/aromatic N) is 3. The Labute approximate surface area is 185 Å². The van der Waals surface area contributed by atoms with Crippen LogP contribution in [0.15, 0.2) is 59.5 Å². The molecule has 0 saturated carbocycles. The molecule has 0 radical (unpaired) electrons. The molecule has 2 aromatic rings. The Morgan fingerprint density at radius 3 is 1.97 bits per heavy atom. The number of carbonyl (C=O) groups excluding carboxylic acids is 1. The van der Waals surface area contributed by atoms with Crippen molar-refractivity contribution in [3.8, 4) is 0 Å². The summed E-state index contributed by atoms with van der Waals surface area (Å²) in [6.45, 7) is 4.67. The van der Waals surface area contributed by atoms with Crippen molar-refractivity contribution in [2.45, 2.75) is 37.1 Å². The molecule has 1 amide bonds. The van der Waals surface area contributed by atoms with Crippen LogP contribution in [-0.4, -0.2) is 67.7 Å². The standard InChI is InChI=1S/C24H31N3O3S/c28-24(22-12-10-21(11-13-22)20-25-14-6-1-2-7-15-25)26-16-18-27(19-17-26)31(29,30)23-8-4-3-5-9-23/h3-5,8-13H,1-2,6-7,14-20H2. The van der Waals surface area contributed by atoms with Crippen molar-refractivity contribution in [3.05, 3.63) is 65.7 Å². The van der Waals surface area contributed by atoms with E-state index in [1.54, 1.807) is 35.2 Å². The van der Waals surface area contributed by atoms with Gasteiger partial charge in [0.15, 0.2) is 0 Å². The van der Waals surface area contributed by atoms with E-state index < -0.39 is 10.0 Å². The summed E-state index contributed by atoms with van der Waals surface area (Å²) in [7, 11) is -3.51. The summed E-state index contributed by atoms with van der Waals surface area (Å²) in [6.07, 6.45) is 5.18. The van der Waals surface area contributed by atoms with Gasteiger partial charge in [-0.25, -0.2) is 8.42 Å². The Hall–Kier alpha value is -2.22. The highest BCUT2D eigenvalue weighted by Crippen LogP contribution is 2.19. The molecule has 2 aromatic carbocycles. The molecule has 2 aliphatic heterocycles. The van der Waals surface area contributed by atoms with Crippen LogP contribution in [0.1, 0.15) is 41.6 Å². The van der Waals surface area contributed by atoms with E-state index in [0.717, 1.165) is 19.6 Å². The van der Waals surface area contributed by atoms with Crippen LogP contribution >= 0.6 is 0 Å². The van der Waals surface area contributed by atoms with E-state index in [1.165, 1.54) is 35.6 Å². The zero-order chi connectivity index (χ0) is 21.7. The van der Waals surface area contributed by atoms with Gasteiger partial charge < -0.3 is 4.90 Å². The molecule has 2 saturated heterocycles. The Kier molecular flexibility index (Phi) is 7.05. The molecule has 0 atom stereocenters. The summed E-state index contributed by atoms with van der Waals surface area (Å²) >= 11 is 0. The van der Waals surface area contributed by atoms with Gasteiger partial charge in [-0.2, -0.15) is 4.31 Å². The van der Waals surface area contributed by atoms with Crippen molar-refractivity contribution in [2.75, 3.05) is 39.3 Å². The monoisotopic (exact) mass is 441 g/mol. The van der Waals surface area contributed by atoms with E-state index in [2.05, 4.69) is 4.90 Å². The van der Waals surface area contributed by atoms with E-state index in [-0.39, 0.29) is 5.91 Å². The molecule has 0 bridgehead atoms. The van der Waals surface area contributed by atoms with Crippen LogP contribution < -0.4 is 0 Å². The van der Waals surface area contributed by atoms with Crippen molar-refractivity contribution in [1.82, 2.24) is 14.1 Å². The normalized spacial score (nSPS) is 19.2. The van der Waals surface area contributed by atoms with Gasteiger partial charge in [0.25, 0.3) is 5.91 Å². The number of piperazine rings is 1. The Morgan fingerprint density at radius 2 is 1.35 bits per heavy atom. The van der Waals surface area contributed by atoms with Crippen molar-refractivity contribution >= 4 is 15.9 Å². The first-order valence-electron chi connectivity index (χ1n) is 11.2. The molecule has 2 fully saturated rings. The molecule has 31 heavy (non-hydrogen) atoms. The fourth-order valence-corrected chi connectivity index (χ4v) is 5.80. The smallest absolute Gasteiger partial charge is 0.253 e. The summed E-state index contributed by atoms with van der Waals surface area (Å²) in [6, 6.07) is 16.4. The summed E-state index contributed by atoms with van der Waals surface area (Å²) in [4.78, 5) is 17.5. The van der Waals surface area contributed by atoms with Crippen molar-refractivity contribution in [3.63, 3.8) is 0 Å². The van der Waals surface area contributed by atoms with E-state index in [1.807, 2.05) is 24.3 Å². The molecule has 0 N–H and O–H groups in total. The van der Waals surface area contributed by atoms with Crippen LogP contribution in [0, 0.1) is 0 Å². The van der Waals surface area contributed by atoms with Crippen LogP contribution in [0.5, 0.6) is 0 Å². The van der Waals surface area contributed by atoms with Crippen molar-refractivity contribution < 1.29 is 13.2 Å². The van der Waals surface area contributed by atoms with E-state index in [4.69, 9.17) is 0 Å². The van der Waals surface area contributed by atoms with Gasteiger partial charge in [0.05, 0.1) is 4.90 Å². The van der Waals surface area contributed by atoms with E-state index in [9.17, 15) is 13.2 Å². The SMILES string of the molecule is O=C(c1ccc(CN2CCCCCC2)cc1)N1CCN(S(=O)(=O)c2ccccc2)CC1. The minimum Gasteiger partial charge on any atom is -0.336 e. The number of hydrogen-bond acceptors (Lipinski definition) is 4. The summed E-state index contributed by atoms with van der Waals surface area (Å²) in [5, 5.41) is 0. The lowest BCUT2D eigenvalue weighted by Gasteiger charge is -2.34. The molecule has 0 unspecified atom stereocenters. The zero-order valence-corrected chi connectivity index (χ0v) is 18.8. The maximum Gasteiger partial charge on any atom is 0.253 e. The Morgan fingerprint density at radius 1 is 0.742 bits per heavy atom. The number of benzene rings is 2. The first-order valence-corrected chi connectivity index (χ1v) is 12.6. The van der Waals surface area contributed by atoms with Crippen molar-refractivity contribution in [2.24, 2.45) is 0 Å². The number of hydrogen-bond donors (Lipinski definition) is 0. The maximum absolute atomic E-state index is 12.9. The van der Waals surface area contributed by atoms with Gasteiger partial charge in [-0.3, -0.25) is 9.69 Å². The van der Waals surface area contributed by atoms with Crippen LogP contribution in [0.25, 0.3) is 0 Å². The lowest BCUT2D eigenvalue weighted by Crippen LogP contribution is -2.50. The molecule has 0 aliphatic carbocycles. The molecule has 6 nitrogen and oxygen atoms in total. The molecular formula is C24H31N3O3S. The largest absolute Gasteiger partial charge is 0.336 e. The van der Waals surface area contributed by atoms with Gasteiger partial charge in [-0.15, -0.1) is 0 Å². The summed E-state index contributed by atoms with van der Waals surface area (Å²) < 4.78 is 27.0. The number of sulfonamides is 1. The number of carbonyl (C=O) groups is 1. The summed E-state index contributed by atoms with van der Waals surface area (Å²) in [5.41, 5.74) is 1.90. The molecule has 166 valence electrons.